The Hall–Kier alpha value is -2.78. The maximum atomic E-state index is 12.4. The molecule has 2 aromatic heterocycles. The second-order valence-corrected chi connectivity index (χ2v) is 8.08. The number of Topliss-reactive ketones (excluding diaryl/α,β-unsaturated/α-hetero) is 1. The average Bonchev–Trinajstić information content (AvgIpc) is 3.53. The second kappa shape index (κ2) is 9.36. The fourth-order valence-corrected chi connectivity index (χ4v) is 3.81. The van der Waals surface area contributed by atoms with Gasteiger partial charge in [0.15, 0.2) is 12.4 Å². The Labute approximate surface area is 181 Å². The van der Waals surface area contributed by atoms with Crippen molar-refractivity contribution in [2.75, 3.05) is 18.8 Å². The molecule has 0 atom stereocenters. The maximum absolute atomic E-state index is 12.4. The zero-order valence-corrected chi connectivity index (χ0v) is 17.5. The number of carbonyl (C=O) groups is 2. The van der Waals surface area contributed by atoms with E-state index < -0.39 is 0 Å². The largest absolute Gasteiger partial charge is 0.484 e. The van der Waals surface area contributed by atoms with Crippen molar-refractivity contribution in [1.29, 1.82) is 0 Å². The molecule has 8 nitrogen and oxygen atoms in total. The number of halogens is 1. The molecule has 1 saturated heterocycles. The number of benzene rings is 1. The Kier molecular flexibility index (Phi) is 6.39. The zero-order valence-electron chi connectivity index (χ0n) is 16.0. The van der Waals surface area contributed by atoms with Crippen LogP contribution in [0.2, 0.25) is 5.02 Å². The molecule has 1 N–H and O–H groups in total. The minimum Gasteiger partial charge on any atom is -0.484 e. The van der Waals surface area contributed by atoms with E-state index in [0.29, 0.717) is 27.9 Å². The highest BCUT2D eigenvalue weighted by atomic mass is 35.5. The number of hydrogen-bond donors (Lipinski definition) is 1. The number of nitrogens with one attached hydrogen (secondary N) is 1. The van der Waals surface area contributed by atoms with Crippen molar-refractivity contribution in [2.24, 2.45) is 0 Å². The summed E-state index contributed by atoms with van der Waals surface area (Å²) >= 11 is 6.97. The van der Waals surface area contributed by atoms with E-state index in [1.165, 1.54) is 0 Å². The Morgan fingerprint density at radius 3 is 2.73 bits per heavy atom. The van der Waals surface area contributed by atoms with Crippen LogP contribution in [0, 0.1) is 0 Å². The van der Waals surface area contributed by atoms with E-state index in [4.69, 9.17) is 20.8 Å². The molecule has 4 rings (SSSR count). The fourth-order valence-electron chi connectivity index (χ4n) is 3.01. The van der Waals surface area contributed by atoms with Crippen LogP contribution in [0.1, 0.15) is 39.6 Å². The van der Waals surface area contributed by atoms with E-state index in [2.05, 4.69) is 15.2 Å². The summed E-state index contributed by atoms with van der Waals surface area (Å²) in [4.78, 5) is 29.5. The van der Waals surface area contributed by atoms with E-state index in [0.717, 1.165) is 37.7 Å². The molecule has 1 amide bonds. The SMILES string of the molecule is O=C(CSc1nnc(COc2ccc(Cl)cc2)o1)c1c[nH]c(C(=O)N2CCCC2)c1. The quantitative estimate of drug-likeness (QED) is 0.414. The van der Waals surface area contributed by atoms with Crippen LogP contribution < -0.4 is 4.74 Å². The number of carbonyl (C=O) groups excluding carboxylic acids is 2. The van der Waals surface area contributed by atoms with Gasteiger partial charge in [0, 0.05) is 29.9 Å². The van der Waals surface area contributed by atoms with Crippen LogP contribution in [-0.4, -0.2) is 50.6 Å². The molecule has 1 aliphatic rings. The first-order valence-corrected chi connectivity index (χ1v) is 10.8. The lowest BCUT2D eigenvalue weighted by molar-refractivity contribution is 0.0787. The van der Waals surface area contributed by atoms with E-state index in [-0.39, 0.29) is 29.3 Å². The number of thioether (sulfide) groups is 1. The van der Waals surface area contributed by atoms with Crippen LogP contribution in [0.3, 0.4) is 0 Å². The summed E-state index contributed by atoms with van der Waals surface area (Å²) in [6.07, 6.45) is 3.60. The number of nitrogens with zero attached hydrogens (tertiary/aromatic N) is 3. The normalized spacial score (nSPS) is 13.6. The van der Waals surface area contributed by atoms with Gasteiger partial charge in [0.25, 0.3) is 17.0 Å². The van der Waals surface area contributed by atoms with Crippen LogP contribution in [0.15, 0.2) is 46.2 Å². The number of aromatic nitrogens is 3. The van der Waals surface area contributed by atoms with Gasteiger partial charge in [0.2, 0.25) is 0 Å². The van der Waals surface area contributed by atoms with Gasteiger partial charge in [-0.15, -0.1) is 10.2 Å². The van der Waals surface area contributed by atoms with Crippen molar-refractivity contribution in [3.63, 3.8) is 0 Å². The molecular weight excluding hydrogens is 428 g/mol. The smallest absolute Gasteiger partial charge is 0.277 e. The Balaban J connectivity index is 1.27. The number of amides is 1. The molecule has 0 radical (unpaired) electrons. The number of ketones is 1. The van der Waals surface area contributed by atoms with Gasteiger partial charge in [0.1, 0.15) is 11.4 Å². The molecule has 1 fully saturated rings. The Morgan fingerprint density at radius 2 is 1.97 bits per heavy atom. The molecule has 10 heteroatoms. The lowest BCUT2D eigenvalue weighted by Crippen LogP contribution is -2.27. The third-order valence-electron chi connectivity index (χ3n) is 4.58. The first-order chi connectivity index (χ1) is 14.6. The van der Waals surface area contributed by atoms with E-state index >= 15 is 0 Å². The summed E-state index contributed by atoms with van der Waals surface area (Å²) in [5.74, 6) is 0.860. The van der Waals surface area contributed by atoms with Gasteiger partial charge in [-0.05, 0) is 43.2 Å². The van der Waals surface area contributed by atoms with Gasteiger partial charge in [-0.25, -0.2) is 0 Å². The summed E-state index contributed by atoms with van der Waals surface area (Å²) in [7, 11) is 0. The summed E-state index contributed by atoms with van der Waals surface area (Å²) < 4.78 is 11.0. The predicted octanol–water partition coefficient (Wildman–Crippen LogP) is 3.84. The third-order valence-corrected chi connectivity index (χ3v) is 5.65. The molecule has 0 spiro atoms. The first kappa shape index (κ1) is 20.5. The number of H-pyrrole nitrogens is 1. The molecule has 156 valence electrons. The highest BCUT2D eigenvalue weighted by molar-refractivity contribution is 7.99. The topological polar surface area (TPSA) is 101 Å². The van der Waals surface area contributed by atoms with Crippen molar-refractivity contribution in [3.8, 4) is 5.75 Å². The molecule has 1 aliphatic heterocycles. The molecule has 0 aliphatic carbocycles. The van der Waals surface area contributed by atoms with Crippen LogP contribution >= 0.6 is 23.4 Å². The number of rotatable bonds is 8. The summed E-state index contributed by atoms with van der Waals surface area (Å²) in [6.45, 7) is 1.64. The van der Waals surface area contributed by atoms with E-state index in [1.54, 1.807) is 41.4 Å². The monoisotopic (exact) mass is 446 g/mol. The summed E-state index contributed by atoms with van der Waals surface area (Å²) in [6, 6.07) is 8.54. The number of aromatic amines is 1. The standard InChI is InChI=1S/C20H19ClN4O4S/c21-14-3-5-15(6-4-14)28-11-18-23-24-20(29-18)30-12-17(26)13-9-16(22-10-13)19(27)25-7-1-2-8-25/h3-6,9-10,22H,1-2,7-8,11-12H2. The third kappa shape index (κ3) is 5.03. The number of hydrogen-bond acceptors (Lipinski definition) is 7. The highest BCUT2D eigenvalue weighted by Gasteiger charge is 2.22. The van der Waals surface area contributed by atoms with Crippen molar-refractivity contribution in [3.05, 3.63) is 58.7 Å². The van der Waals surface area contributed by atoms with Crippen LogP contribution in [0.25, 0.3) is 0 Å². The van der Waals surface area contributed by atoms with Crippen molar-refractivity contribution >= 4 is 35.1 Å². The lowest BCUT2D eigenvalue weighted by atomic mass is 10.2. The van der Waals surface area contributed by atoms with Gasteiger partial charge in [-0.3, -0.25) is 9.59 Å². The minimum absolute atomic E-state index is 0.0681. The summed E-state index contributed by atoms with van der Waals surface area (Å²) in [5.41, 5.74) is 0.889. The average molecular weight is 447 g/mol. The molecule has 0 unspecified atom stereocenters. The second-order valence-electron chi connectivity index (χ2n) is 6.72. The predicted molar refractivity (Wildman–Crippen MR) is 111 cm³/mol. The zero-order chi connectivity index (χ0) is 20.9. The maximum Gasteiger partial charge on any atom is 0.277 e. The lowest BCUT2D eigenvalue weighted by Gasteiger charge is -2.13. The van der Waals surface area contributed by atoms with Crippen LogP contribution in [0.4, 0.5) is 0 Å². The van der Waals surface area contributed by atoms with Crippen molar-refractivity contribution < 1.29 is 18.7 Å². The molecule has 3 aromatic rings. The highest BCUT2D eigenvalue weighted by Crippen LogP contribution is 2.21. The summed E-state index contributed by atoms with van der Waals surface area (Å²) in [5, 5.41) is 8.74. The Morgan fingerprint density at radius 1 is 1.20 bits per heavy atom. The molecule has 30 heavy (non-hydrogen) atoms. The van der Waals surface area contributed by atoms with Gasteiger partial charge >= 0.3 is 0 Å². The van der Waals surface area contributed by atoms with Crippen LogP contribution in [0.5, 0.6) is 5.75 Å². The van der Waals surface area contributed by atoms with Gasteiger partial charge < -0.3 is 19.0 Å². The Bertz CT molecular complexity index is 1030. The number of likely N-dealkylation sites (tertiary alicyclic amines) is 1. The molecule has 3 heterocycles. The van der Waals surface area contributed by atoms with Crippen LogP contribution in [-0.2, 0) is 6.61 Å². The minimum atomic E-state index is -0.131. The van der Waals surface area contributed by atoms with Gasteiger partial charge in [-0.1, -0.05) is 23.4 Å². The first-order valence-electron chi connectivity index (χ1n) is 9.43. The fraction of sp³-hybridized carbons (Fsp3) is 0.300. The van der Waals surface area contributed by atoms with E-state index in [1.807, 2.05) is 0 Å². The van der Waals surface area contributed by atoms with Gasteiger partial charge in [-0.2, -0.15) is 0 Å². The van der Waals surface area contributed by atoms with Crippen molar-refractivity contribution in [1.82, 2.24) is 20.1 Å². The molecule has 0 bridgehead atoms. The van der Waals surface area contributed by atoms with E-state index in [9.17, 15) is 9.59 Å². The molecule has 1 aromatic carbocycles. The van der Waals surface area contributed by atoms with Crippen molar-refractivity contribution in [2.45, 2.75) is 24.7 Å². The van der Waals surface area contributed by atoms with Gasteiger partial charge in [0.05, 0.1) is 5.75 Å². The molecular formula is C20H19ClN4O4S. The molecule has 0 saturated carbocycles. The number of ether oxygens (including phenoxy) is 1.